The summed E-state index contributed by atoms with van der Waals surface area (Å²) in [5.41, 5.74) is 0.302. The zero-order chi connectivity index (χ0) is 26.6. The van der Waals surface area contributed by atoms with Crippen LogP contribution in [-0.4, -0.2) is 33.4 Å². The number of imide groups is 1. The lowest BCUT2D eigenvalue weighted by molar-refractivity contribution is -0.114. The normalized spacial score (nSPS) is 15.0. The summed E-state index contributed by atoms with van der Waals surface area (Å²) in [5.74, 6) is -1.41. The molecule has 0 saturated heterocycles. The number of carbonyl (C=O) groups is 3. The van der Waals surface area contributed by atoms with Gasteiger partial charge in [0.25, 0.3) is 5.56 Å². The maximum atomic E-state index is 14.8. The van der Waals surface area contributed by atoms with Crippen LogP contribution in [0.1, 0.15) is 30.1 Å². The van der Waals surface area contributed by atoms with Crippen LogP contribution in [0.25, 0.3) is 6.58 Å². The maximum absolute atomic E-state index is 14.8. The molecule has 1 aliphatic heterocycles. The highest BCUT2D eigenvalue weighted by atomic mass is 127. The van der Waals surface area contributed by atoms with Gasteiger partial charge in [0.05, 0.1) is 10.9 Å². The van der Waals surface area contributed by atoms with Crippen molar-refractivity contribution in [2.45, 2.75) is 25.8 Å². The summed E-state index contributed by atoms with van der Waals surface area (Å²) < 4.78 is 17.9. The van der Waals surface area contributed by atoms with Crippen LogP contribution < -0.4 is 31.3 Å². The molecule has 11 heteroatoms. The van der Waals surface area contributed by atoms with Gasteiger partial charge in [-0.15, -0.1) is 0 Å². The molecule has 0 spiro atoms. The molecule has 3 aromatic rings. The molecule has 0 bridgehead atoms. The van der Waals surface area contributed by atoms with Gasteiger partial charge in [0.2, 0.25) is 5.91 Å². The van der Waals surface area contributed by atoms with Gasteiger partial charge in [-0.2, -0.15) is 14.3 Å². The lowest BCUT2D eigenvalue weighted by Crippen LogP contribution is -2.61. The van der Waals surface area contributed by atoms with Crippen molar-refractivity contribution in [1.29, 1.82) is 0 Å². The van der Waals surface area contributed by atoms with Crippen LogP contribution in [0.5, 0.6) is 0 Å². The molecule has 2 heterocycles. The van der Waals surface area contributed by atoms with Crippen LogP contribution in [0.2, 0.25) is 0 Å². The molecule has 0 atom stereocenters. The highest BCUT2D eigenvalue weighted by molar-refractivity contribution is 14.1. The number of rotatable bonds is 5. The Morgan fingerprint density at radius 1 is 1.16 bits per heavy atom. The van der Waals surface area contributed by atoms with Gasteiger partial charge in [0, 0.05) is 29.3 Å². The monoisotopic (exact) mass is 614 g/mol. The van der Waals surface area contributed by atoms with Crippen molar-refractivity contribution < 1.29 is 18.8 Å². The first kappa shape index (κ1) is 24.8. The van der Waals surface area contributed by atoms with E-state index in [-0.39, 0.29) is 39.6 Å². The summed E-state index contributed by atoms with van der Waals surface area (Å²) in [6.45, 7) is 5.26. The Labute approximate surface area is 224 Å². The zero-order valence-corrected chi connectivity index (χ0v) is 22.1. The number of fused-ring (bicyclic) bond motifs is 1. The molecular weight excluding hydrogens is 592 g/mol. The van der Waals surface area contributed by atoms with E-state index in [0.717, 1.165) is 0 Å². The molecule has 9 nitrogen and oxygen atoms in total. The number of anilines is 3. The molecule has 188 valence electrons. The topological polar surface area (TPSA) is 104 Å². The lowest BCUT2D eigenvalue weighted by atomic mass is 10.1. The van der Waals surface area contributed by atoms with E-state index in [9.17, 15) is 23.6 Å². The molecule has 2 aromatic carbocycles. The van der Waals surface area contributed by atoms with E-state index in [1.807, 2.05) is 22.6 Å². The van der Waals surface area contributed by atoms with E-state index in [4.69, 9.17) is 0 Å². The van der Waals surface area contributed by atoms with Crippen molar-refractivity contribution in [2.24, 2.45) is 7.05 Å². The van der Waals surface area contributed by atoms with Crippen molar-refractivity contribution >= 4 is 69.9 Å². The van der Waals surface area contributed by atoms with E-state index in [0.29, 0.717) is 27.8 Å². The minimum absolute atomic E-state index is 0.0170. The fourth-order valence-corrected chi connectivity index (χ4v) is 4.83. The van der Waals surface area contributed by atoms with Crippen molar-refractivity contribution in [3.05, 3.63) is 78.3 Å². The quantitative estimate of drug-likeness (QED) is 0.340. The molecule has 1 aromatic heterocycles. The van der Waals surface area contributed by atoms with Crippen molar-refractivity contribution in [1.82, 2.24) is 14.0 Å². The minimum Gasteiger partial charge on any atom is -0.338 e. The van der Waals surface area contributed by atoms with Crippen molar-refractivity contribution in [3.63, 3.8) is 0 Å². The number of nitrogens with zero attached hydrogens (tertiary/aromatic N) is 3. The van der Waals surface area contributed by atoms with Gasteiger partial charge in [0.1, 0.15) is 23.4 Å². The Bertz CT molecular complexity index is 1700. The van der Waals surface area contributed by atoms with Crippen LogP contribution in [0.4, 0.5) is 32.1 Å². The van der Waals surface area contributed by atoms with Gasteiger partial charge in [0.15, 0.2) is 10.9 Å². The van der Waals surface area contributed by atoms with Gasteiger partial charge in [-0.1, -0.05) is 12.6 Å². The third-order valence-electron chi connectivity index (χ3n) is 6.23. The number of carbonyl (C=O) groups excluding carboxylic acids is 3. The SMILES string of the molecule is C=c1c2c(c(Nc3ccc(I)cc3F)n(C)c1=O)C(=O)N(C1CC1)C(=O)[N+]=2c1cccc(NC(C)=O)c1. The number of benzene rings is 2. The van der Waals surface area contributed by atoms with Crippen LogP contribution >= 0.6 is 22.6 Å². The van der Waals surface area contributed by atoms with Crippen LogP contribution in [0.3, 0.4) is 0 Å². The maximum Gasteiger partial charge on any atom is 0.506 e. The first-order chi connectivity index (χ1) is 17.6. The number of halogens is 2. The third kappa shape index (κ3) is 4.32. The average Bonchev–Trinajstić information content (AvgIpc) is 3.67. The number of urea groups is 1. The first-order valence-corrected chi connectivity index (χ1v) is 12.5. The number of pyridine rings is 1. The fourth-order valence-electron chi connectivity index (χ4n) is 4.38. The highest BCUT2D eigenvalue weighted by Crippen LogP contribution is 2.32. The second-order valence-electron chi connectivity index (χ2n) is 8.92. The van der Waals surface area contributed by atoms with Gasteiger partial charge < -0.3 is 10.6 Å². The molecular formula is C26H22FIN5O4+. The van der Waals surface area contributed by atoms with E-state index < -0.39 is 23.3 Å². The molecule has 5 rings (SSSR count). The lowest BCUT2D eigenvalue weighted by Gasteiger charge is -2.23. The highest BCUT2D eigenvalue weighted by Gasteiger charge is 2.51. The Kier molecular flexibility index (Phi) is 6.18. The molecule has 1 saturated carbocycles. The molecule has 0 radical (unpaired) electrons. The summed E-state index contributed by atoms with van der Waals surface area (Å²) in [4.78, 5) is 53.6. The number of aromatic nitrogens is 1. The Balaban J connectivity index is 1.86. The number of amides is 4. The fraction of sp³-hybridized carbons (Fsp3) is 0.192. The molecule has 37 heavy (non-hydrogen) atoms. The number of hydrogen-bond donors (Lipinski definition) is 2. The number of nitrogens with one attached hydrogen (secondary N) is 2. The smallest absolute Gasteiger partial charge is 0.338 e. The number of hydrogen-bond acceptors (Lipinski definition) is 5. The zero-order valence-electron chi connectivity index (χ0n) is 20.0. The molecule has 0 unspecified atom stereocenters. The largest absolute Gasteiger partial charge is 0.506 e. The molecule has 2 N–H and O–H groups in total. The van der Waals surface area contributed by atoms with Crippen LogP contribution in [0.15, 0.2) is 47.3 Å². The Morgan fingerprint density at radius 3 is 2.54 bits per heavy atom. The molecule has 1 fully saturated rings. The predicted octanol–water partition coefficient (Wildman–Crippen LogP) is 2.80. The second-order valence-corrected chi connectivity index (χ2v) is 10.2. The van der Waals surface area contributed by atoms with Crippen molar-refractivity contribution in [3.8, 4) is 0 Å². The van der Waals surface area contributed by atoms with Gasteiger partial charge in [-0.05, 0) is 65.8 Å². The Morgan fingerprint density at radius 2 is 1.89 bits per heavy atom. The van der Waals surface area contributed by atoms with Crippen LogP contribution in [0, 0.1) is 9.39 Å². The van der Waals surface area contributed by atoms with Gasteiger partial charge >= 0.3 is 11.9 Å². The molecule has 4 amide bonds. The van der Waals surface area contributed by atoms with Gasteiger partial charge in [-0.25, -0.2) is 9.18 Å². The Hall–Kier alpha value is -3.87. The second kappa shape index (κ2) is 9.21. The minimum atomic E-state index is -0.621. The summed E-state index contributed by atoms with van der Waals surface area (Å²) in [7, 11) is 1.46. The first-order valence-electron chi connectivity index (χ1n) is 11.4. The average molecular weight is 614 g/mol. The molecule has 2 aliphatic rings. The molecule has 1 aliphatic carbocycles. The third-order valence-corrected chi connectivity index (χ3v) is 6.90. The summed E-state index contributed by atoms with van der Waals surface area (Å²) in [6.07, 6.45) is 1.31. The summed E-state index contributed by atoms with van der Waals surface area (Å²) in [6, 6.07) is 10.1. The standard InChI is InChI=1S/C26H21FIN5O4/c1-13-22-21(23(31(3)24(13)35)30-20-10-7-15(28)11-19(20)27)25(36)33(17-8-9-17)26(37)32(22)18-6-4-5-16(12-18)29-14(2)34/h4-7,10-12,17H,1,8-9H2,2-3H3,(H,29,34)/p+1. The van der Waals surface area contributed by atoms with Crippen molar-refractivity contribution in [2.75, 3.05) is 10.6 Å². The van der Waals surface area contributed by atoms with Gasteiger partial charge in [-0.3, -0.25) is 14.2 Å². The van der Waals surface area contributed by atoms with E-state index in [1.54, 1.807) is 30.3 Å². The van der Waals surface area contributed by atoms with E-state index in [2.05, 4.69) is 17.2 Å². The summed E-state index contributed by atoms with van der Waals surface area (Å²) in [5, 5.41) is 5.54. The van der Waals surface area contributed by atoms with E-state index in [1.165, 1.54) is 40.1 Å². The predicted molar refractivity (Wildman–Crippen MR) is 145 cm³/mol. The van der Waals surface area contributed by atoms with E-state index >= 15 is 0 Å². The summed E-state index contributed by atoms with van der Waals surface area (Å²) >= 11 is 1.98. The van der Waals surface area contributed by atoms with Crippen LogP contribution in [-0.2, 0) is 11.8 Å².